The number of thiazole rings is 1. The standard InChI is InChI=1S/C17H20N6S/c1-22-11-19-7-17(22)16-6-18-5-15(21-16)13-3-2-4-23(8-13)9-14-10-24-12-20-14/h5-7,10-13H,2-4,8-9H2,1H3/t13-/m1/s1. The van der Waals surface area contributed by atoms with Gasteiger partial charge in [-0.15, -0.1) is 11.3 Å². The van der Waals surface area contributed by atoms with Gasteiger partial charge >= 0.3 is 0 Å². The maximum absolute atomic E-state index is 4.87. The van der Waals surface area contributed by atoms with Gasteiger partial charge in [-0.05, 0) is 19.4 Å². The van der Waals surface area contributed by atoms with Gasteiger partial charge in [0, 0.05) is 37.6 Å². The van der Waals surface area contributed by atoms with Gasteiger partial charge < -0.3 is 4.57 Å². The minimum absolute atomic E-state index is 0.429. The third kappa shape index (κ3) is 3.22. The molecule has 0 amide bonds. The van der Waals surface area contributed by atoms with Crippen LogP contribution in [-0.2, 0) is 13.6 Å². The van der Waals surface area contributed by atoms with E-state index in [-0.39, 0.29) is 0 Å². The van der Waals surface area contributed by atoms with Crippen molar-refractivity contribution in [2.75, 3.05) is 13.1 Å². The van der Waals surface area contributed by atoms with Gasteiger partial charge in [-0.1, -0.05) is 0 Å². The van der Waals surface area contributed by atoms with Crippen molar-refractivity contribution < 1.29 is 0 Å². The maximum Gasteiger partial charge on any atom is 0.107 e. The summed E-state index contributed by atoms with van der Waals surface area (Å²) in [6.45, 7) is 3.07. The zero-order valence-electron chi connectivity index (χ0n) is 13.7. The van der Waals surface area contributed by atoms with Crippen molar-refractivity contribution >= 4 is 11.3 Å². The molecule has 1 aliphatic rings. The van der Waals surface area contributed by atoms with Crippen molar-refractivity contribution in [3.8, 4) is 11.4 Å². The molecule has 6 nitrogen and oxygen atoms in total. The minimum atomic E-state index is 0.429. The molecule has 1 atom stereocenters. The van der Waals surface area contributed by atoms with Gasteiger partial charge in [0.25, 0.3) is 0 Å². The van der Waals surface area contributed by atoms with Crippen LogP contribution in [0.25, 0.3) is 11.4 Å². The SMILES string of the molecule is Cn1cncc1-c1cncc([C@@H]2CCCN(Cc3cscn3)C2)n1. The summed E-state index contributed by atoms with van der Waals surface area (Å²) in [6, 6.07) is 0. The zero-order valence-corrected chi connectivity index (χ0v) is 14.5. The Kier molecular flexibility index (Phi) is 4.36. The van der Waals surface area contributed by atoms with Gasteiger partial charge in [-0.2, -0.15) is 0 Å². The largest absolute Gasteiger partial charge is 0.332 e. The first-order chi connectivity index (χ1) is 11.8. The van der Waals surface area contributed by atoms with Crippen LogP contribution in [0.5, 0.6) is 0 Å². The number of hydrogen-bond acceptors (Lipinski definition) is 6. The summed E-state index contributed by atoms with van der Waals surface area (Å²) < 4.78 is 1.98. The van der Waals surface area contributed by atoms with Crippen LogP contribution in [0.1, 0.15) is 30.1 Å². The van der Waals surface area contributed by atoms with Crippen molar-refractivity contribution in [3.05, 3.63) is 47.2 Å². The van der Waals surface area contributed by atoms with Gasteiger partial charge in [0.1, 0.15) is 5.69 Å². The van der Waals surface area contributed by atoms with E-state index in [0.29, 0.717) is 5.92 Å². The summed E-state index contributed by atoms with van der Waals surface area (Å²) in [7, 11) is 1.98. The Bertz CT molecular complexity index is 797. The molecule has 7 heteroatoms. The number of likely N-dealkylation sites (tertiary alicyclic amines) is 1. The van der Waals surface area contributed by atoms with E-state index < -0.39 is 0 Å². The van der Waals surface area contributed by atoms with E-state index >= 15 is 0 Å². The highest BCUT2D eigenvalue weighted by molar-refractivity contribution is 7.07. The van der Waals surface area contributed by atoms with E-state index in [2.05, 4.69) is 25.2 Å². The third-order valence-corrected chi connectivity index (χ3v) is 5.16. The first-order valence-electron chi connectivity index (χ1n) is 8.17. The number of piperidine rings is 1. The summed E-state index contributed by atoms with van der Waals surface area (Å²) in [5.41, 5.74) is 6.04. The second kappa shape index (κ2) is 6.78. The molecule has 0 spiro atoms. The molecule has 0 radical (unpaired) electrons. The Balaban J connectivity index is 1.52. The lowest BCUT2D eigenvalue weighted by Gasteiger charge is -2.31. The summed E-state index contributed by atoms with van der Waals surface area (Å²) in [5.74, 6) is 0.429. The molecule has 124 valence electrons. The lowest BCUT2D eigenvalue weighted by atomic mass is 9.95. The minimum Gasteiger partial charge on any atom is -0.332 e. The van der Waals surface area contributed by atoms with Gasteiger partial charge in [0.05, 0.1) is 41.3 Å². The topological polar surface area (TPSA) is 59.7 Å². The second-order valence-electron chi connectivity index (χ2n) is 6.27. The van der Waals surface area contributed by atoms with Crippen LogP contribution < -0.4 is 0 Å². The smallest absolute Gasteiger partial charge is 0.107 e. The molecule has 1 aliphatic heterocycles. The van der Waals surface area contributed by atoms with Gasteiger partial charge in [0.15, 0.2) is 0 Å². The van der Waals surface area contributed by atoms with Crippen LogP contribution in [0.4, 0.5) is 0 Å². The summed E-state index contributed by atoms with van der Waals surface area (Å²) >= 11 is 1.66. The average Bonchev–Trinajstić information content (AvgIpc) is 3.27. The first-order valence-corrected chi connectivity index (χ1v) is 9.12. The maximum atomic E-state index is 4.87. The van der Waals surface area contributed by atoms with Crippen LogP contribution in [-0.4, -0.2) is 42.5 Å². The fourth-order valence-electron chi connectivity index (χ4n) is 3.29. The molecule has 0 unspecified atom stereocenters. The van der Waals surface area contributed by atoms with Crippen LogP contribution >= 0.6 is 11.3 Å². The second-order valence-corrected chi connectivity index (χ2v) is 6.99. The molecule has 0 saturated carbocycles. The fraction of sp³-hybridized carbons (Fsp3) is 0.412. The summed E-state index contributed by atoms with van der Waals surface area (Å²) in [4.78, 5) is 20.3. The molecule has 4 rings (SSSR count). The Morgan fingerprint density at radius 2 is 2.21 bits per heavy atom. The van der Waals surface area contributed by atoms with Crippen molar-refractivity contribution in [2.45, 2.75) is 25.3 Å². The van der Waals surface area contributed by atoms with E-state index in [1.165, 1.54) is 6.42 Å². The average molecular weight is 340 g/mol. The Morgan fingerprint density at radius 3 is 3.00 bits per heavy atom. The van der Waals surface area contributed by atoms with Gasteiger partial charge in [-0.3, -0.25) is 9.88 Å². The summed E-state index contributed by atoms with van der Waals surface area (Å²) in [6.07, 6.45) is 9.71. The summed E-state index contributed by atoms with van der Waals surface area (Å²) in [5, 5.41) is 2.13. The predicted octanol–water partition coefficient (Wildman–Crippen LogP) is 2.71. The molecule has 3 aromatic heterocycles. The zero-order chi connectivity index (χ0) is 16.4. The quantitative estimate of drug-likeness (QED) is 0.731. The Hall–Kier alpha value is -2.12. The highest BCUT2D eigenvalue weighted by Crippen LogP contribution is 2.27. The highest BCUT2D eigenvalue weighted by atomic mass is 32.1. The molecule has 0 aromatic carbocycles. The number of hydrogen-bond donors (Lipinski definition) is 0. The lowest BCUT2D eigenvalue weighted by molar-refractivity contribution is 0.196. The predicted molar refractivity (Wildman–Crippen MR) is 93.6 cm³/mol. The van der Waals surface area contributed by atoms with Crippen molar-refractivity contribution in [2.24, 2.45) is 7.05 Å². The van der Waals surface area contributed by atoms with Crippen molar-refractivity contribution in [1.29, 1.82) is 0 Å². The van der Waals surface area contributed by atoms with Crippen molar-refractivity contribution in [1.82, 2.24) is 29.4 Å². The monoisotopic (exact) mass is 340 g/mol. The van der Waals surface area contributed by atoms with Crippen molar-refractivity contribution in [3.63, 3.8) is 0 Å². The van der Waals surface area contributed by atoms with E-state index in [1.54, 1.807) is 17.7 Å². The number of imidazole rings is 1. The van der Waals surface area contributed by atoms with Gasteiger partial charge in [-0.25, -0.2) is 15.0 Å². The first kappa shape index (κ1) is 15.4. The molecule has 4 heterocycles. The number of aromatic nitrogens is 5. The molecule has 1 saturated heterocycles. The van der Waals surface area contributed by atoms with Crippen LogP contribution in [0.15, 0.2) is 35.8 Å². The molecular weight excluding hydrogens is 320 g/mol. The van der Waals surface area contributed by atoms with Crippen LogP contribution in [0.2, 0.25) is 0 Å². The molecule has 3 aromatic rings. The molecule has 0 aliphatic carbocycles. The normalized spacial score (nSPS) is 18.8. The number of rotatable bonds is 4. The van der Waals surface area contributed by atoms with E-state index in [9.17, 15) is 0 Å². The molecule has 24 heavy (non-hydrogen) atoms. The fourth-order valence-corrected chi connectivity index (χ4v) is 3.84. The lowest BCUT2D eigenvalue weighted by Crippen LogP contribution is -2.34. The molecular formula is C17H20N6S. The number of nitrogens with zero attached hydrogens (tertiary/aromatic N) is 6. The van der Waals surface area contributed by atoms with E-state index in [4.69, 9.17) is 4.98 Å². The Labute approximate surface area is 145 Å². The number of aryl methyl sites for hydroxylation is 1. The Morgan fingerprint density at radius 1 is 1.25 bits per heavy atom. The molecule has 0 bridgehead atoms. The molecule has 0 N–H and O–H groups in total. The highest BCUT2D eigenvalue weighted by Gasteiger charge is 2.23. The van der Waals surface area contributed by atoms with Crippen LogP contribution in [0, 0.1) is 0 Å². The van der Waals surface area contributed by atoms with Gasteiger partial charge in [0.2, 0.25) is 0 Å². The van der Waals surface area contributed by atoms with E-state index in [0.717, 1.165) is 48.8 Å². The van der Waals surface area contributed by atoms with Crippen LogP contribution in [0.3, 0.4) is 0 Å². The molecule has 1 fully saturated rings. The third-order valence-electron chi connectivity index (χ3n) is 4.53. The van der Waals surface area contributed by atoms with E-state index in [1.807, 2.05) is 35.7 Å².